The summed E-state index contributed by atoms with van der Waals surface area (Å²) < 4.78 is 5.89. The molecule has 0 aromatic heterocycles. The summed E-state index contributed by atoms with van der Waals surface area (Å²) >= 11 is 0. The molecule has 0 fully saturated rings. The number of ether oxygens (including phenoxy) is 1. The van der Waals surface area contributed by atoms with E-state index in [4.69, 9.17) is 4.74 Å². The maximum Gasteiger partial charge on any atom is 0.326 e. The number of fused-ring (bicyclic) bond motifs is 3. The summed E-state index contributed by atoms with van der Waals surface area (Å²) in [5.41, 5.74) is 4.18. The summed E-state index contributed by atoms with van der Waals surface area (Å²) in [5.74, 6) is -0.0771. The van der Waals surface area contributed by atoms with E-state index in [-0.39, 0.29) is 11.7 Å². The lowest BCUT2D eigenvalue weighted by atomic mass is 9.74. The third kappa shape index (κ3) is 3.75. The highest BCUT2D eigenvalue weighted by molar-refractivity contribution is 5.98. The lowest BCUT2D eigenvalue weighted by molar-refractivity contribution is -0.384. The Hall–Kier alpha value is -4.25. The van der Waals surface area contributed by atoms with Crippen LogP contribution in [-0.4, -0.2) is 10.9 Å². The Balaban J connectivity index is 1.53. The molecule has 168 valence electrons. The molecule has 1 aliphatic rings. The van der Waals surface area contributed by atoms with Crippen LogP contribution in [0.15, 0.2) is 103 Å². The minimum absolute atomic E-state index is 0.0473. The SMILES string of the molecule is O=C(Oc1ccc([N+](=O)[O-])cc1)C1(CCCc2ccccc2)c2ccccc2-c2ccccc21. The number of nitro benzene ring substituents is 1. The van der Waals surface area contributed by atoms with Gasteiger partial charge in [-0.1, -0.05) is 78.9 Å². The van der Waals surface area contributed by atoms with Crippen molar-refractivity contribution in [2.24, 2.45) is 0 Å². The maximum atomic E-state index is 14.0. The molecule has 0 unspecified atom stereocenters. The van der Waals surface area contributed by atoms with E-state index in [1.807, 2.05) is 66.7 Å². The van der Waals surface area contributed by atoms with Crippen molar-refractivity contribution in [3.05, 3.63) is 130 Å². The first-order chi connectivity index (χ1) is 16.6. The van der Waals surface area contributed by atoms with Crippen molar-refractivity contribution in [3.63, 3.8) is 0 Å². The van der Waals surface area contributed by atoms with Crippen LogP contribution < -0.4 is 4.74 Å². The number of rotatable bonds is 7. The van der Waals surface area contributed by atoms with Gasteiger partial charge in [-0.05, 0) is 59.2 Å². The summed E-state index contributed by atoms with van der Waals surface area (Å²) in [5, 5.41) is 11.0. The second kappa shape index (κ2) is 8.94. The first kappa shape index (κ1) is 21.6. The van der Waals surface area contributed by atoms with Crippen molar-refractivity contribution in [2.75, 3.05) is 0 Å². The van der Waals surface area contributed by atoms with Gasteiger partial charge in [0.15, 0.2) is 0 Å². The van der Waals surface area contributed by atoms with E-state index in [1.165, 1.54) is 29.8 Å². The average Bonchev–Trinajstić information content (AvgIpc) is 3.16. The van der Waals surface area contributed by atoms with Gasteiger partial charge in [-0.2, -0.15) is 0 Å². The topological polar surface area (TPSA) is 69.4 Å². The molecule has 5 heteroatoms. The molecule has 4 aromatic rings. The summed E-state index contributed by atoms with van der Waals surface area (Å²) in [6.45, 7) is 0. The second-order valence-electron chi connectivity index (χ2n) is 8.48. The number of nitrogens with zero attached hydrogens (tertiary/aromatic N) is 1. The highest BCUT2D eigenvalue weighted by Gasteiger charge is 2.50. The molecule has 5 rings (SSSR count). The number of esters is 1. The number of carbonyl (C=O) groups excluding carboxylic acids is 1. The number of aryl methyl sites for hydroxylation is 1. The van der Waals surface area contributed by atoms with E-state index in [0.717, 1.165) is 35.1 Å². The molecule has 5 nitrogen and oxygen atoms in total. The lowest BCUT2D eigenvalue weighted by Gasteiger charge is -2.30. The van der Waals surface area contributed by atoms with Crippen molar-refractivity contribution in [3.8, 4) is 16.9 Å². The molecule has 4 aromatic carbocycles. The molecule has 0 amide bonds. The van der Waals surface area contributed by atoms with E-state index in [1.54, 1.807) is 0 Å². The molecule has 0 atom stereocenters. The van der Waals surface area contributed by atoms with E-state index in [0.29, 0.717) is 12.2 Å². The van der Waals surface area contributed by atoms with E-state index in [9.17, 15) is 14.9 Å². The summed E-state index contributed by atoms with van der Waals surface area (Å²) in [4.78, 5) is 24.5. The fourth-order valence-electron chi connectivity index (χ4n) is 4.95. The third-order valence-electron chi connectivity index (χ3n) is 6.53. The number of hydrogen-bond donors (Lipinski definition) is 0. The molecule has 0 aliphatic heterocycles. The molecule has 0 saturated heterocycles. The fourth-order valence-corrected chi connectivity index (χ4v) is 4.95. The van der Waals surface area contributed by atoms with Gasteiger partial charge in [-0.3, -0.25) is 14.9 Å². The monoisotopic (exact) mass is 449 g/mol. The van der Waals surface area contributed by atoms with Crippen LogP contribution in [-0.2, 0) is 16.6 Å². The molecule has 0 bridgehead atoms. The van der Waals surface area contributed by atoms with Crippen LogP contribution >= 0.6 is 0 Å². The van der Waals surface area contributed by atoms with Crippen molar-refractivity contribution in [1.29, 1.82) is 0 Å². The molecule has 0 saturated carbocycles. The highest BCUT2D eigenvalue weighted by Crippen LogP contribution is 2.52. The highest BCUT2D eigenvalue weighted by atomic mass is 16.6. The van der Waals surface area contributed by atoms with Crippen molar-refractivity contribution in [1.82, 2.24) is 0 Å². The quantitative estimate of drug-likeness (QED) is 0.140. The average molecular weight is 450 g/mol. The van der Waals surface area contributed by atoms with Crippen LogP contribution in [0.25, 0.3) is 11.1 Å². The first-order valence-electron chi connectivity index (χ1n) is 11.3. The Morgan fingerprint density at radius 3 is 1.91 bits per heavy atom. The standard InChI is InChI=1S/C29H23NO4/c31-28(34-23-18-16-22(17-19-23)30(32)33)29(20-8-11-21-9-2-1-3-10-21)26-14-6-4-12-24(26)25-13-5-7-15-27(25)29/h1-7,9-10,12-19H,8,11,20H2. The van der Waals surface area contributed by atoms with Crippen LogP contribution in [0.2, 0.25) is 0 Å². The summed E-state index contributed by atoms with van der Waals surface area (Å²) in [6.07, 6.45) is 2.22. The normalized spacial score (nSPS) is 13.1. The molecule has 0 N–H and O–H groups in total. The van der Waals surface area contributed by atoms with Gasteiger partial charge in [-0.15, -0.1) is 0 Å². The van der Waals surface area contributed by atoms with Gasteiger partial charge in [0.1, 0.15) is 11.2 Å². The smallest absolute Gasteiger partial charge is 0.326 e. The number of non-ortho nitro benzene ring substituents is 1. The van der Waals surface area contributed by atoms with Crippen LogP contribution in [0.4, 0.5) is 5.69 Å². The van der Waals surface area contributed by atoms with Gasteiger partial charge >= 0.3 is 5.97 Å². The van der Waals surface area contributed by atoms with E-state index in [2.05, 4.69) is 12.1 Å². The fraction of sp³-hybridized carbons (Fsp3) is 0.138. The number of nitro groups is 1. The molecule has 0 heterocycles. The predicted molar refractivity (Wildman–Crippen MR) is 131 cm³/mol. The Labute approximate surface area is 197 Å². The second-order valence-corrected chi connectivity index (χ2v) is 8.48. The summed E-state index contributed by atoms with van der Waals surface area (Å²) in [6, 6.07) is 31.9. The minimum atomic E-state index is -0.955. The number of benzene rings is 4. The van der Waals surface area contributed by atoms with E-state index >= 15 is 0 Å². The van der Waals surface area contributed by atoms with Crippen LogP contribution in [0.1, 0.15) is 29.5 Å². The van der Waals surface area contributed by atoms with Crippen LogP contribution in [0.3, 0.4) is 0 Å². The molecule has 34 heavy (non-hydrogen) atoms. The zero-order valence-corrected chi connectivity index (χ0v) is 18.5. The van der Waals surface area contributed by atoms with Crippen molar-refractivity contribution in [2.45, 2.75) is 24.7 Å². The van der Waals surface area contributed by atoms with Gasteiger partial charge in [0.2, 0.25) is 0 Å². The maximum absolute atomic E-state index is 14.0. The predicted octanol–water partition coefficient (Wildman–Crippen LogP) is 6.49. The van der Waals surface area contributed by atoms with Crippen molar-refractivity contribution < 1.29 is 14.5 Å². The number of carbonyl (C=O) groups is 1. The van der Waals surface area contributed by atoms with Crippen molar-refractivity contribution >= 4 is 11.7 Å². The van der Waals surface area contributed by atoms with Crippen LogP contribution in [0.5, 0.6) is 5.75 Å². The largest absolute Gasteiger partial charge is 0.426 e. The van der Waals surface area contributed by atoms with Gasteiger partial charge < -0.3 is 4.74 Å². The lowest BCUT2D eigenvalue weighted by Crippen LogP contribution is -2.39. The molecular weight excluding hydrogens is 426 g/mol. The Morgan fingerprint density at radius 1 is 0.765 bits per heavy atom. The van der Waals surface area contributed by atoms with Gasteiger partial charge in [0, 0.05) is 12.1 Å². The van der Waals surface area contributed by atoms with E-state index < -0.39 is 10.3 Å². The molecule has 1 aliphatic carbocycles. The van der Waals surface area contributed by atoms with Gasteiger partial charge in [0.05, 0.1) is 4.92 Å². The summed E-state index contributed by atoms with van der Waals surface area (Å²) in [7, 11) is 0. The third-order valence-corrected chi connectivity index (χ3v) is 6.53. The zero-order valence-electron chi connectivity index (χ0n) is 18.5. The first-order valence-corrected chi connectivity index (χ1v) is 11.3. The zero-order chi connectivity index (χ0) is 23.5. The Morgan fingerprint density at radius 2 is 1.32 bits per heavy atom. The van der Waals surface area contributed by atoms with Crippen LogP contribution in [0, 0.1) is 10.1 Å². The molecule has 0 spiro atoms. The Kier molecular flexibility index (Phi) is 5.68. The Bertz CT molecular complexity index is 1300. The van der Waals surface area contributed by atoms with Gasteiger partial charge in [0.25, 0.3) is 5.69 Å². The number of hydrogen-bond acceptors (Lipinski definition) is 4. The minimum Gasteiger partial charge on any atom is -0.426 e. The molecular formula is C29H23NO4. The van der Waals surface area contributed by atoms with Gasteiger partial charge in [-0.25, -0.2) is 0 Å². The molecule has 0 radical (unpaired) electrons.